The monoisotopic (exact) mass is 472 g/mol. The van der Waals surface area contributed by atoms with E-state index in [1.165, 1.54) is 0 Å². The van der Waals surface area contributed by atoms with Crippen LogP contribution in [0.15, 0.2) is 54.6 Å². The van der Waals surface area contributed by atoms with Crippen LogP contribution in [0.5, 0.6) is 0 Å². The maximum atomic E-state index is 14.1. The van der Waals surface area contributed by atoms with Crippen molar-refractivity contribution in [3.05, 3.63) is 70.7 Å². The quantitative estimate of drug-likeness (QED) is 0.361. The molecule has 2 aromatic carbocycles. The van der Waals surface area contributed by atoms with Crippen LogP contribution in [0, 0.1) is 0 Å². The second-order valence-electron chi connectivity index (χ2n) is 6.80. The van der Waals surface area contributed by atoms with Crippen LogP contribution in [0.1, 0.15) is 44.0 Å². The SMILES string of the molecule is CCOP1(=O)OC(c2ccccc2)(P(=O)(OCC)OCC)CC1c1ccc(Cl)cc1. The van der Waals surface area contributed by atoms with Gasteiger partial charge >= 0.3 is 15.2 Å². The lowest BCUT2D eigenvalue weighted by Crippen LogP contribution is -2.27. The minimum atomic E-state index is -3.89. The molecule has 1 aliphatic heterocycles. The molecule has 1 saturated heterocycles. The minimum Gasteiger partial charge on any atom is -0.308 e. The highest BCUT2D eigenvalue weighted by Crippen LogP contribution is 2.82. The Bertz CT molecular complexity index is 926. The summed E-state index contributed by atoms with van der Waals surface area (Å²) >= 11 is 6.04. The molecular weight excluding hydrogens is 446 g/mol. The van der Waals surface area contributed by atoms with Crippen LogP contribution in [-0.2, 0) is 32.6 Å². The first-order chi connectivity index (χ1) is 14.3. The van der Waals surface area contributed by atoms with Gasteiger partial charge < -0.3 is 13.6 Å². The second kappa shape index (κ2) is 9.67. The number of hydrogen-bond acceptors (Lipinski definition) is 6. The number of hydrogen-bond donors (Lipinski definition) is 0. The lowest BCUT2D eigenvalue weighted by Gasteiger charge is -2.35. The molecule has 1 fully saturated rings. The Labute approximate surface area is 182 Å². The highest BCUT2D eigenvalue weighted by atomic mass is 35.5. The third-order valence-corrected chi connectivity index (χ3v) is 10.4. The number of halogens is 1. The van der Waals surface area contributed by atoms with Crippen molar-refractivity contribution in [3.8, 4) is 0 Å². The average molecular weight is 473 g/mol. The van der Waals surface area contributed by atoms with Gasteiger partial charge in [-0.3, -0.25) is 13.7 Å². The number of rotatable bonds is 9. The van der Waals surface area contributed by atoms with Crippen LogP contribution in [-0.4, -0.2) is 19.8 Å². The predicted molar refractivity (Wildman–Crippen MR) is 118 cm³/mol. The van der Waals surface area contributed by atoms with Crippen LogP contribution in [0.2, 0.25) is 5.02 Å². The summed E-state index contributed by atoms with van der Waals surface area (Å²) < 4.78 is 51.4. The van der Waals surface area contributed by atoms with Crippen molar-refractivity contribution in [2.24, 2.45) is 0 Å². The van der Waals surface area contributed by atoms with Crippen molar-refractivity contribution < 1.29 is 27.2 Å². The third-order valence-electron chi connectivity index (χ3n) is 4.96. The smallest absolute Gasteiger partial charge is 0.308 e. The third kappa shape index (κ3) is 4.33. The van der Waals surface area contributed by atoms with E-state index >= 15 is 0 Å². The maximum absolute atomic E-state index is 14.1. The van der Waals surface area contributed by atoms with Gasteiger partial charge in [-0.15, -0.1) is 0 Å². The minimum absolute atomic E-state index is 0.118. The summed E-state index contributed by atoms with van der Waals surface area (Å²) in [6.45, 7) is 5.70. The first kappa shape index (κ1) is 23.7. The van der Waals surface area contributed by atoms with E-state index in [2.05, 4.69) is 0 Å². The number of benzene rings is 2. The second-order valence-corrected chi connectivity index (χ2v) is 11.6. The Hall–Kier alpha value is -0.970. The highest BCUT2D eigenvalue weighted by Gasteiger charge is 2.66. The van der Waals surface area contributed by atoms with Crippen LogP contribution < -0.4 is 0 Å². The Morgan fingerprint density at radius 1 is 1.03 bits per heavy atom. The average Bonchev–Trinajstić information content (AvgIpc) is 3.05. The fraction of sp³-hybridized carbons (Fsp3) is 0.429. The molecule has 0 bridgehead atoms. The van der Waals surface area contributed by atoms with Crippen molar-refractivity contribution in [2.75, 3.05) is 19.8 Å². The molecule has 1 heterocycles. The van der Waals surface area contributed by atoms with Gasteiger partial charge in [0.1, 0.15) is 0 Å². The normalized spacial score (nSPS) is 26.7. The zero-order valence-electron chi connectivity index (χ0n) is 17.3. The summed E-state index contributed by atoms with van der Waals surface area (Å²) in [6, 6.07) is 16.0. The van der Waals surface area contributed by atoms with Gasteiger partial charge in [-0.1, -0.05) is 54.1 Å². The molecule has 3 atom stereocenters. The van der Waals surface area contributed by atoms with E-state index < -0.39 is 26.2 Å². The van der Waals surface area contributed by atoms with Crippen LogP contribution in [0.3, 0.4) is 0 Å². The predicted octanol–water partition coefficient (Wildman–Crippen LogP) is 7.15. The van der Waals surface area contributed by atoms with E-state index in [1.54, 1.807) is 57.2 Å². The Morgan fingerprint density at radius 3 is 2.17 bits per heavy atom. The fourth-order valence-electron chi connectivity index (χ4n) is 3.74. The van der Waals surface area contributed by atoms with E-state index in [1.807, 2.05) is 18.2 Å². The van der Waals surface area contributed by atoms with Crippen molar-refractivity contribution in [2.45, 2.75) is 38.2 Å². The summed E-state index contributed by atoms with van der Waals surface area (Å²) in [5, 5.41) is -0.998. The van der Waals surface area contributed by atoms with Crippen molar-refractivity contribution >= 4 is 26.8 Å². The highest BCUT2D eigenvalue weighted by molar-refractivity contribution is 7.59. The molecule has 0 aliphatic carbocycles. The molecule has 0 amide bonds. The molecular formula is C21H27ClO6P2. The van der Waals surface area contributed by atoms with Crippen LogP contribution in [0.4, 0.5) is 0 Å². The molecule has 0 aromatic heterocycles. The van der Waals surface area contributed by atoms with E-state index in [9.17, 15) is 9.13 Å². The molecule has 30 heavy (non-hydrogen) atoms. The fourth-order valence-corrected chi connectivity index (χ4v) is 9.13. The first-order valence-corrected chi connectivity index (χ1v) is 13.5. The molecule has 0 spiro atoms. The van der Waals surface area contributed by atoms with Gasteiger partial charge in [0, 0.05) is 11.4 Å². The summed E-state index contributed by atoms with van der Waals surface area (Å²) in [5.74, 6) is 0. The molecule has 1 aliphatic rings. The molecule has 164 valence electrons. The van der Waals surface area contributed by atoms with E-state index in [0.717, 1.165) is 5.56 Å². The van der Waals surface area contributed by atoms with Crippen molar-refractivity contribution in [3.63, 3.8) is 0 Å². The van der Waals surface area contributed by atoms with Gasteiger partial charge in [0.25, 0.3) is 0 Å². The summed E-state index contributed by atoms with van der Waals surface area (Å²) in [7, 11) is -7.61. The van der Waals surface area contributed by atoms with E-state index in [0.29, 0.717) is 10.6 Å². The van der Waals surface area contributed by atoms with Crippen molar-refractivity contribution in [1.29, 1.82) is 0 Å². The van der Waals surface area contributed by atoms with Crippen molar-refractivity contribution in [1.82, 2.24) is 0 Å². The molecule has 2 aromatic rings. The molecule has 0 saturated carbocycles. The Balaban J connectivity index is 2.21. The molecule has 0 N–H and O–H groups in total. The van der Waals surface area contributed by atoms with Crippen LogP contribution >= 0.6 is 26.8 Å². The molecule has 6 nitrogen and oxygen atoms in total. The van der Waals surface area contributed by atoms with Gasteiger partial charge in [-0.2, -0.15) is 0 Å². The van der Waals surface area contributed by atoms with Gasteiger partial charge in [0.05, 0.1) is 25.5 Å². The van der Waals surface area contributed by atoms with E-state index in [-0.39, 0.29) is 26.2 Å². The topological polar surface area (TPSA) is 71.1 Å². The van der Waals surface area contributed by atoms with Gasteiger partial charge in [-0.25, -0.2) is 0 Å². The Morgan fingerprint density at radius 2 is 1.63 bits per heavy atom. The van der Waals surface area contributed by atoms with Gasteiger partial charge in [0.2, 0.25) is 5.34 Å². The Kier molecular flexibility index (Phi) is 7.63. The van der Waals surface area contributed by atoms with Crippen LogP contribution in [0.25, 0.3) is 0 Å². The summed E-state index contributed by atoms with van der Waals surface area (Å²) in [6.07, 6.45) is 0.118. The summed E-state index contributed by atoms with van der Waals surface area (Å²) in [5.41, 5.74) is 0.657. The summed E-state index contributed by atoms with van der Waals surface area (Å²) in [4.78, 5) is 0. The van der Waals surface area contributed by atoms with Gasteiger partial charge in [0.15, 0.2) is 0 Å². The van der Waals surface area contributed by atoms with Gasteiger partial charge in [-0.05, 0) is 44.0 Å². The lowest BCUT2D eigenvalue weighted by atomic mass is 10.0. The largest absolute Gasteiger partial charge is 0.367 e. The molecule has 3 rings (SSSR count). The zero-order valence-corrected chi connectivity index (χ0v) is 19.9. The maximum Gasteiger partial charge on any atom is 0.367 e. The zero-order chi connectivity index (χ0) is 21.8. The first-order valence-electron chi connectivity index (χ1n) is 9.99. The van der Waals surface area contributed by atoms with E-state index in [4.69, 9.17) is 29.7 Å². The molecule has 0 radical (unpaired) electrons. The molecule has 9 heteroatoms. The lowest BCUT2D eigenvalue weighted by molar-refractivity contribution is 0.0873. The molecule has 3 unspecified atom stereocenters. The standard InChI is InChI=1S/C21H27ClO6P2/c1-4-25-29(23)20(17-12-14-19(22)15-13-17)16-21(28-29,18-10-8-7-9-11-18)30(24,26-5-2)27-6-3/h7-15,20H,4-6,16H2,1-3H3.